The van der Waals surface area contributed by atoms with E-state index in [9.17, 15) is 4.79 Å². The first-order valence-corrected chi connectivity index (χ1v) is 5.25. The first-order chi connectivity index (χ1) is 7.34. The lowest BCUT2D eigenvalue weighted by atomic mass is 10.4. The van der Waals surface area contributed by atoms with E-state index < -0.39 is 0 Å². The van der Waals surface area contributed by atoms with Crippen molar-refractivity contribution in [2.24, 2.45) is 5.92 Å². The van der Waals surface area contributed by atoms with Gasteiger partial charge in [-0.2, -0.15) is 0 Å². The Morgan fingerprint density at radius 2 is 1.94 bits per heavy atom. The average molecular weight is 278 g/mol. The van der Waals surface area contributed by atoms with Gasteiger partial charge in [0.2, 0.25) is 5.91 Å². The fourth-order valence-electron chi connectivity index (χ4n) is 1.35. The van der Waals surface area contributed by atoms with E-state index in [4.69, 9.17) is 0 Å². The summed E-state index contributed by atoms with van der Waals surface area (Å²) in [5.74, 6) is 0.806. The molecule has 0 saturated heterocycles. The number of halogens is 2. The molecule has 0 aliphatic heterocycles. The zero-order chi connectivity index (χ0) is 10.5. The number of pyridine rings is 1. The average Bonchev–Trinajstić information content (AvgIpc) is 3.03. The van der Waals surface area contributed by atoms with Crippen molar-refractivity contribution in [1.82, 2.24) is 10.3 Å². The molecule has 2 N–H and O–H groups in total. The molecule has 4 nitrogen and oxygen atoms in total. The van der Waals surface area contributed by atoms with Crippen molar-refractivity contribution in [1.29, 1.82) is 0 Å². The Morgan fingerprint density at radius 1 is 1.29 bits per heavy atom. The molecule has 17 heavy (non-hydrogen) atoms. The Labute approximate surface area is 113 Å². The van der Waals surface area contributed by atoms with Gasteiger partial charge in [-0.3, -0.25) is 9.78 Å². The summed E-state index contributed by atoms with van der Waals surface area (Å²) in [5, 5.41) is 5.93. The lowest BCUT2D eigenvalue weighted by molar-refractivity contribution is -0.115. The summed E-state index contributed by atoms with van der Waals surface area (Å²) < 4.78 is 0. The molecule has 96 valence electrons. The van der Waals surface area contributed by atoms with Crippen molar-refractivity contribution >= 4 is 36.4 Å². The van der Waals surface area contributed by atoms with Gasteiger partial charge in [-0.05, 0) is 37.4 Å². The van der Waals surface area contributed by atoms with Gasteiger partial charge in [0.05, 0.1) is 6.54 Å². The summed E-state index contributed by atoms with van der Waals surface area (Å²) in [4.78, 5) is 15.3. The zero-order valence-electron chi connectivity index (χ0n) is 9.39. The second kappa shape index (κ2) is 8.28. The van der Waals surface area contributed by atoms with Crippen LogP contribution in [0.4, 0.5) is 5.69 Å². The number of carbonyl (C=O) groups is 1. The van der Waals surface area contributed by atoms with Gasteiger partial charge in [0.1, 0.15) is 0 Å². The van der Waals surface area contributed by atoms with Gasteiger partial charge < -0.3 is 10.6 Å². The number of nitrogens with zero attached hydrogens (tertiary/aromatic N) is 1. The molecule has 0 unspecified atom stereocenters. The lowest BCUT2D eigenvalue weighted by Crippen LogP contribution is -2.29. The highest BCUT2D eigenvalue weighted by atomic mass is 35.5. The second-order valence-corrected chi connectivity index (χ2v) is 3.86. The topological polar surface area (TPSA) is 54.0 Å². The monoisotopic (exact) mass is 277 g/mol. The number of hydrogen-bond acceptors (Lipinski definition) is 3. The van der Waals surface area contributed by atoms with Crippen LogP contribution in [0.1, 0.15) is 12.8 Å². The molecule has 2 rings (SSSR count). The number of anilines is 1. The summed E-state index contributed by atoms with van der Waals surface area (Å²) in [7, 11) is 0. The minimum Gasteiger partial charge on any atom is -0.325 e. The van der Waals surface area contributed by atoms with Crippen molar-refractivity contribution in [3.8, 4) is 0 Å². The number of aromatic nitrogens is 1. The van der Waals surface area contributed by atoms with E-state index in [1.54, 1.807) is 24.5 Å². The van der Waals surface area contributed by atoms with Gasteiger partial charge in [0, 0.05) is 18.1 Å². The van der Waals surface area contributed by atoms with Crippen LogP contribution in [-0.4, -0.2) is 24.0 Å². The van der Waals surface area contributed by atoms with Crippen molar-refractivity contribution in [2.45, 2.75) is 12.8 Å². The van der Waals surface area contributed by atoms with Crippen molar-refractivity contribution in [2.75, 3.05) is 18.4 Å². The van der Waals surface area contributed by atoms with Gasteiger partial charge in [-0.1, -0.05) is 0 Å². The maximum Gasteiger partial charge on any atom is 0.238 e. The molecule has 0 atom stereocenters. The fourth-order valence-corrected chi connectivity index (χ4v) is 1.35. The Balaban J connectivity index is 0.00000128. The van der Waals surface area contributed by atoms with Gasteiger partial charge in [-0.15, -0.1) is 24.8 Å². The van der Waals surface area contributed by atoms with E-state index >= 15 is 0 Å². The third-order valence-corrected chi connectivity index (χ3v) is 2.38. The summed E-state index contributed by atoms with van der Waals surface area (Å²) in [6, 6.07) is 3.55. The maximum absolute atomic E-state index is 11.4. The molecule has 1 aliphatic carbocycles. The minimum atomic E-state index is 0. The molecule has 1 aromatic heterocycles. The summed E-state index contributed by atoms with van der Waals surface area (Å²) in [5.41, 5.74) is 0.795. The molecule has 0 bridgehead atoms. The highest BCUT2D eigenvalue weighted by Gasteiger charge is 2.20. The molecule has 1 saturated carbocycles. The smallest absolute Gasteiger partial charge is 0.238 e. The number of rotatable bonds is 5. The van der Waals surface area contributed by atoms with Crippen LogP contribution in [0.2, 0.25) is 0 Å². The fraction of sp³-hybridized carbons (Fsp3) is 0.455. The predicted molar refractivity (Wildman–Crippen MR) is 73.0 cm³/mol. The normalized spacial score (nSPS) is 13.2. The molecular formula is C11H17Cl2N3O. The summed E-state index contributed by atoms with van der Waals surface area (Å²) in [6.45, 7) is 1.35. The Kier molecular flexibility index (Phi) is 7.87. The minimum absolute atomic E-state index is 0. The maximum atomic E-state index is 11.4. The summed E-state index contributed by atoms with van der Waals surface area (Å²) in [6.07, 6.45) is 5.93. The molecule has 1 heterocycles. The Morgan fingerprint density at radius 3 is 2.53 bits per heavy atom. The first kappa shape index (κ1) is 16.2. The third kappa shape index (κ3) is 6.46. The van der Waals surface area contributed by atoms with E-state index in [0.717, 1.165) is 18.2 Å². The van der Waals surface area contributed by atoms with Crippen LogP contribution < -0.4 is 10.6 Å². The SMILES string of the molecule is Cl.Cl.O=C(CNCC1CC1)Nc1ccncc1. The quantitative estimate of drug-likeness (QED) is 0.864. The predicted octanol–water partition coefficient (Wildman–Crippen LogP) is 1.86. The molecule has 0 spiro atoms. The van der Waals surface area contributed by atoms with Gasteiger partial charge in [0.15, 0.2) is 0 Å². The molecule has 1 aromatic rings. The van der Waals surface area contributed by atoms with Crippen LogP contribution in [0, 0.1) is 5.92 Å². The first-order valence-electron chi connectivity index (χ1n) is 5.25. The van der Waals surface area contributed by atoms with Crippen LogP contribution in [0.3, 0.4) is 0 Å². The third-order valence-electron chi connectivity index (χ3n) is 2.38. The molecule has 6 heteroatoms. The van der Waals surface area contributed by atoms with Crippen molar-refractivity contribution in [3.05, 3.63) is 24.5 Å². The van der Waals surface area contributed by atoms with E-state index in [1.807, 2.05) is 0 Å². The van der Waals surface area contributed by atoms with Crippen molar-refractivity contribution in [3.63, 3.8) is 0 Å². The van der Waals surface area contributed by atoms with E-state index in [0.29, 0.717) is 6.54 Å². The highest BCUT2D eigenvalue weighted by molar-refractivity contribution is 5.92. The largest absolute Gasteiger partial charge is 0.325 e. The lowest BCUT2D eigenvalue weighted by Gasteiger charge is -2.05. The molecule has 0 radical (unpaired) electrons. The van der Waals surface area contributed by atoms with Crippen LogP contribution in [-0.2, 0) is 4.79 Å². The van der Waals surface area contributed by atoms with Crippen LogP contribution in [0.5, 0.6) is 0 Å². The van der Waals surface area contributed by atoms with Crippen LogP contribution >= 0.6 is 24.8 Å². The molecule has 1 fully saturated rings. The van der Waals surface area contributed by atoms with E-state index in [1.165, 1.54) is 12.8 Å². The van der Waals surface area contributed by atoms with E-state index in [2.05, 4.69) is 15.6 Å². The number of amides is 1. The van der Waals surface area contributed by atoms with Crippen LogP contribution in [0.25, 0.3) is 0 Å². The van der Waals surface area contributed by atoms with Crippen molar-refractivity contribution < 1.29 is 4.79 Å². The van der Waals surface area contributed by atoms with Gasteiger partial charge in [-0.25, -0.2) is 0 Å². The number of carbonyl (C=O) groups excluding carboxylic acids is 1. The van der Waals surface area contributed by atoms with Gasteiger partial charge >= 0.3 is 0 Å². The van der Waals surface area contributed by atoms with Gasteiger partial charge in [0.25, 0.3) is 0 Å². The Bertz CT molecular complexity index is 331. The standard InChI is InChI=1S/C11H15N3O.2ClH/c15-11(8-13-7-9-1-2-9)14-10-3-5-12-6-4-10;;/h3-6,9,13H,1-2,7-8H2,(H,12,14,15);2*1H. The number of hydrogen-bond donors (Lipinski definition) is 2. The second-order valence-electron chi connectivity index (χ2n) is 3.86. The molecule has 1 aliphatic rings. The van der Waals surface area contributed by atoms with Crippen LogP contribution in [0.15, 0.2) is 24.5 Å². The summed E-state index contributed by atoms with van der Waals surface area (Å²) >= 11 is 0. The molecule has 0 aromatic carbocycles. The molecular weight excluding hydrogens is 261 g/mol. The molecule has 1 amide bonds. The van der Waals surface area contributed by atoms with E-state index in [-0.39, 0.29) is 30.7 Å². The number of nitrogens with one attached hydrogen (secondary N) is 2. The highest BCUT2D eigenvalue weighted by Crippen LogP contribution is 2.27. The zero-order valence-corrected chi connectivity index (χ0v) is 11.0. The Hall–Kier alpha value is -0.840.